The molecule has 114 heavy (non-hydrogen) atoms. The number of nitrogens with zero attached hydrogens (tertiary/aromatic N) is 7. The fourth-order valence-electron chi connectivity index (χ4n) is 12.7. The average molecular weight is 1690 g/mol. The van der Waals surface area contributed by atoms with Crippen LogP contribution in [-0.4, -0.2) is 210 Å². The van der Waals surface area contributed by atoms with Crippen molar-refractivity contribution in [3.8, 4) is 0 Å². The molecule has 13 bridgehead atoms. The van der Waals surface area contributed by atoms with Crippen LogP contribution in [0.3, 0.4) is 0 Å². The van der Waals surface area contributed by atoms with E-state index in [-0.39, 0.29) is 100 Å². The standard InChI is InChI=1S/C73H92N18O17S6/c1-13-16-21-109-23-44(56(74)96)82-60(100)45-25-111-67(85-45)41-19-20-73-54(80-41)43-24-112-68(83-43)51(89-61(101)46-27-113-69(86-46)55(72(12,107)36(11)94)90-63(103)47-26-110-66(84-47)39(15-3)81-65(105)50(34(9)93)88-62(102)48-28-114-71(73)87-48)35(10)108-70(106)42-22-38(33(8)92)37-17-18-40(53(95)52(37)79-42)78-49(29(4)14-2)64(104)77-31(6)58(98)75-30(5)57(97)76-32(7)59(99)91-73/h15,17-18,22,24-25,27-29,31-36,40,44,47,49-51,53-55,78,92-95,107H,5,13-14,16,19-21,23,26H2,1-4,6-12H3,(H2,74,96)(H,75,98)(H,76,97)(H,77,104)(H,81,105)(H,82,100)(H,88,102)(H,89,101)(H,90,103)(H,91,99)/b39-15-/t29-,31-,32-,33-,34+,35+,36+,40+,44?,47+,49-,50-,51-,53-,54+,55+,72+,73+/m0/s1. The SMILES string of the molecule is C=C1NC(=O)[C@H](C)NC(=O)[C@H]([C@@H](C)CC)N[C@@H]2C=Cc3c([C@H](C)O)cc(nc3[C@H]2O)C(=O)O[C@H](C)[C@@H]2NC(=O)c3csc(n3)[C@H]([C@](C)(O)[C@@H](C)O)NC(=O)[C@H]3CSC(=N3)/C(=C/C)NC(=O)[C@H]([C@@H](C)O)NC(=O)c3csc(n3)[C@]3(CCC(c4nc(C(=O)NC(CSCCCC)C(N)=O)cs4)=N[C@@H]3c3csc2n3)NC(=O)[C@H](C)NC1=O. The molecule has 10 amide bonds. The number of aromatic nitrogens is 5. The zero-order valence-electron chi connectivity index (χ0n) is 64.0. The average Bonchev–Trinajstić information content (AvgIpc) is 1.46. The van der Waals surface area contributed by atoms with E-state index < -0.39 is 184 Å². The summed E-state index contributed by atoms with van der Waals surface area (Å²) in [5, 5.41) is 91.2. The maximum absolute atomic E-state index is 15.4. The number of hydrogen-bond acceptors (Lipinski definition) is 31. The van der Waals surface area contributed by atoms with Gasteiger partial charge in [0, 0.05) is 38.6 Å². The highest BCUT2D eigenvalue weighted by Crippen LogP contribution is 2.48. The maximum Gasteiger partial charge on any atom is 0.357 e. The predicted octanol–water partition coefficient (Wildman–Crippen LogP) is 2.53. The Bertz CT molecular complexity index is 4680. The second-order valence-corrected chi connectivity index (χ2v) is 34.1. The van der Waals surface area contributed by atoms with Crippen LogP contribution in [0, 0.1) is 5.92 Å². The summed E-state index contributed by atoms with van der Waals surface area (Å²) in [5.41, 5.74) is 0.296. The molecule has 1 unspecified atom stereocenters. The van der Waals surface area contributed by atoms with E-state index in [0.29, 0.717) is 12.2 Å². The first kappa shape index (κ1) is 87.2. The number of cyclic esters (lactones) is 1. The van der Waals surface area contributed by atoms with Gasteiger partial charge in [-0.05, 0) is 98.0 Å². The largest absolute Gasteiger partial charge is 0.455 e. The second kappa shape index (κ2) is 37.2. The van der Waals surface area contributed by atoms with Gasteiger partial charge in [-0.3, -0.25) is 63.2 Å². The summed E-state index contributed by atoms with van der Waals surface area (Å²) in [4.78, 5) is 192. The van der Waals surface area contributed by atoms with Gasteiger partial charge in [-0.25, -0.2) is 29.7 Å². The lowest BCUT2D eigenvalue weighted by molar-refractivity contribution is -0.131. The summed E-state index contributed by atoms with van der Waals surface area (Å²) in [6.07, 6.45) is -1.16. The van der Waals surface area contributed by atoms with Crippen molar-refractivity contribution in [3.05, 3.63) is 123 Å². The van der Waals surface area contributed by atoms with Crippen molar-refractivity contribution < 1.29 is 83.0 Å². The van der Waals surface area contributed by atoms with Gasteiger partial charge in [0.25, 0.3) is 23.6 Å². The molecule has 5 aliphatic rings. The van der Waals surface area contributed by atoms with Crippen molar-refractivity contribution in [2.24, 2.45) is 21.6 Å². The van der Waals surface area contributed by atoms with Gasteiger partial charge in [0.2, 0.25) is 35.4 Å². The number of nitrogens with one attached hydrogen (secondary N) is 10. The van der Waals surface area contributed by atoms with E-state index in [1.807, 2.05) is 13.8 Å². The Hall–Kier alpha value is -9.14. The molecule has 612 valence electrons. The number of hydrogen-bond donors (Lipinski definition) is 16. The minimum Gasteiger partial charge on any atom is -0.455 e. The number of ether oxygens (including phenoxy) is 1. The molecule has 0 fully saturated rings. The normalized spacial score (nSPS) is 27.3. The molecule has 0 radical (unpaired) electrons. The second-order valence-electron chi connectivity index (χ2n) is 28.4. The Labute approximate surface area is 679 Å². The van der Waals surface area contributed by atoms with Crippen molar-refractivity contribution in [1.29, 1.82) is 0 Å². The number of rotatable bonds is 15. The molecule has 0 aromatic carbocycles. The van der Waals surface area contributed by atoms with E-state index in [9.17, 15) is 63.9 Å². The van der Waals surface area contributed by atoms with E-state index in [1.54, 1.807) is 26.0 Å². The number of aliphatic imine (C=N–C) groups is 2. The highest BCUT2D eigenvalue weighted by molar-refractivity contribution is 8.14. The monoisotopic (exact) mass is 1680 g/mol. The Balaban J connectivity index is 1.18. The van der Waals surface area contributed by atoms with Crippen molar-refractivity contribution in [1.82, 2.24) is 78.1 Å². The molecule has 35 nitrogen and oxygen atoms in total. The number of primary amides is 1. The van der Waals surface area contributed by atoms with Gasteiger partial charge >= 0.3 is 5.97 Å². The molecule has 18 atom stereocenters. The zero-order chi connectivity index (χ0) is 83.1. The number of amides is 10. The van der Waals surface area contributed by atoms with Crippen LogP contribution in [0.5, 0.6) is 0 Å². The number of nitrogens with two attached hydrogens (primary N) is 1. The molecule has 0 spiro atoms. The number of aliphatic hydroxyl groups is 5. The van der Waals surface area contributed by atoms with Crippen LogP contribution in [0.25, 0.3) is 6.08 Å². The van der Waals surface area contributed by atoms with E-state index in [2.05, 4.69) is 79.7 Å². The molecular weight excluding hydrogens is 1590 g/mol. The van der Waals surface area contributed by atoms with Gasteiger partial charge in [-0.2, -0.15) is 11.8 Å². The topological polar surface area (TPSA) is 534 Å². The molecule has 4 aliphatic heterocycles. The summed E-state index contributed by atoms with van der Waals surface area (Å²) in [6, 6.07) is -12.4. The molecule has 41 heteroatoms. The predicted molar refractivity (Wildman–Crippen MR) is 428 cm³/mol. The van der Waals surface area contributed by atoms with Crippen LogP contribution in [-0.2, 0) is 43.8 Å². The number of aliphatic hydroxyl groups excluding tert-OH is 4. The van der Waals surface area contributed by atoms with Gasteiger partial charge in [-0.1, -0.05) is 58.4 Å². The third-order valence-corrected chi connectivity index (χ3v) is 25.9. The van der Waals surface area contributed by atoms with Crippen LogP contribution in [0.2, 0.25) is 0 Å². The summed E-state index contributed by atoms with van der Waals surface area (Å²) in [7, 11) is 0. The number of pyridine rings is 1. The lowest BCUT2D eigenvalue weighted by atomic mass is 9.80. The highest BCUT2D eigenvalue weighted by atomic mass is 32.2. The molecule has 5 aromatic rings. The van der Waals surface area contributed by atoms with Gasteiger partial charge in [-0.15, -0.1) is 57.1 Å². The summed E-state index contributed by atoms with van der Waals surface area (Å²) in [5.74, 6) is -9.51. The summed E-state index contributed by atoms with van der Waals surface area (Å²) in [6.45, 7) is 20.2. The number of carbonyl (C=O) groups is 11. The summed E-state index contributed by atoms with van der Waals surface area (Å²) < 4.78 is 6.29. The number of allylic oxidation sites excluding steroid dienone is 1. The number of unbranched alkanes of at least 4 members (excludes halogenated alkanes) is 1. The van der Waals surface area contributed by atoms with E-state index in [0.717, 1.165) is 70.0 Å². The molecule has 9 heterocycles. The molecule has 5 aromatic heterocycles. The molecule has 1 aliphatic carbocycles. The van der Waals surface area contributed by atoms with Gasteiger partial charge in [0.15, 0.2) is 0 Å². The molecule has 0 saturated carbocycles. The first-order valence-corrected chi connectivity index (χ1v) is 42.4. The minimum atomic E-state index is -2.19. The van der Waals surface area contributed by atoms with Crippen LogP contribution >= 0.6 is 68.9 Å². The summed E-state index contributed by atoms with van der Waals surface area (Å²) >= 11 is 6.06. The van der Waals surface area contributed by atoms with E-state index in [1.165, 1.54) is 93.9 Å². The number of fused-ring (bicyclic) bond motifs is 7. The molecule has 10 rings (SSSR count). The fraction of sp³-hybridized carbons (Fsp3) is 0.507. The molecule has 17 N–H and O–H groups in total. The van der Waals surface area contributed by atoms with Crippen molar-refractivity contribution in [3.63, 3.8) is 0 Å². The first-order valence-electron chi connectivity index (χ1n) is 36.7. The third-order valence-electron chi connectivity index (χ3n) is 19.9. The Morgan fingerprint density at radius 2 is 1.50 bits per heavy atom. The number of esters is 1. The lowest BCUT2D eigenvalue weighted by Gasteiger charge is -2.41. The smallest absolute Gasteiger partial charge is 0.357 e. The van der Waals surface area contributed by atoms with Gasteiger partial charge < -0.3 is 83.9 Å². The quantitative estimate of drug-likeness (QED) is 0.0407. The van der Waals surface area contributed by atoms with Gasteiger partial charge in [0.05, 0.1) is 58.9 Å². The third kappa shape index (κ3) is 19.5. The zero-order valence-corrected chi connectivity index (χ0v) is 68.9. The maximum atomic E-state index is 15.4. The Kier molecular flexibility index (Phi) is 28.5. The lowest BCUT2D eigenvalue weighted by Crippen LogP contribution is -2.57. The highest BCUT2D eigenvalue weighted by Gasteiger charge is 2.51. The van der Waals surface area contributed by atoms with Gasteiger partial charge in [0.1, 0.15) is 120 Å². The van der Waals surface area contributed by atoms with Crippen LogP contribution in [0.1, 0.15) is 223 Å². The van der Waals surface area contributed by atoms with Crippen LogP contribution < -0.4 is 58.9 Å². The first-order chi connectivity index (χ1) is 54.0. The van der Waals surface area contributed by atoms with Crippen molar-refractivity contribution >= 4 is 151 Å². The number of thioether (sulfide) groups is 2. The fourth-order valence-corrected chi connectivity index (χ4v) is 18.7. The minimum absolute atomic E-state index is 0.00238. The van der Waals surface area contributed by atoms with Crippen molar-refractivity contribution in [2.45, 2.75) is 210 Å². The van der Waals surface area contributed by atoms with Crippen LogP contribution in [0.15, 0.2) is 67.7 Å². The Morgan fingerprint density at radius 1 is 0.798 bits per heavy atom. The number of carbonyl (C=O) groups excluding carboxylic acids is 11. The number of thiazole rings is 4. The molecule has 0 saturated heterocycles. The van der Waals surface area contributed by atoms with Crippen molar-refractivity contribution in [2.75, 3.05) is 17.3 Å². The molecular formula is C73H92N18O17S6. The van der Waals surface area contributed by atoms with E-state index >= 15 is 14.4 Å². The van der Waals surface area contributed by atoms with Crippen LogP contribution in [0.4, 0.5) is 0 Å². The van der Waals surface area contributed by atoms with E-state index in [4.69, 9.17) is 25.4 Å². The Morgan fingerprint density at radius 3 is 2.18 bits per heavy atom.